The van der Waals surface area contributed by atoms with Gasteiger partial charge in [0.25, 0.3) is 0 Å². The standard InChI is InChI=1S/C17H19N3O/c21-17(9-8-14-5-1-2-10-18-14)20-15-7-6-13-4-3-11-19-16(13)12-15/h1-2,5-7,10,12,19H,3-4,8-9,11H2,(H,20,21). The largest absolute Gasteiger partial charge is 0.385 e. The zero-order chi connectivity index (χ0) is 14.5. The van der Waals surface area contributed by atoms with E-state index >= 15 is 0 Å². The minimum absolute atomic E-state index is 0.0245. The molecule has 108 valence electrons. The van der Waals surface area contributed by atoms with Crippen molar-refractivity contribution in [1.29, 1.82) is 0 Å². The van der Waals surface area contributed by atoms with E-state index in [1.165, 1.54) is 12.0 Å². The predicted molar refractivity (Wildman–Crippen MR) is 84.4 cm³/mol. The summed E-state index contributed by atoms with van der Waals surface area (Å²) in [6, 6.07) is 11.8. The summed E-state index contributed by atoms with van der Waals surface area (Å²) < 4.78 is 0. The number of rotatable bonds is 4. The molecule has 0 radical (unpaired) electrons. The van der Waals surface area contributed by atoms with Crippen molar-refractivity contribution >= 4 is 17.3 Å². The molecule has 3 rings (SSSR count). The molecular formula is C17H19N3O. The lowest BCUT2D eigenvalue weighted by Crippen LogP contribution is -2.15. The summed E-state index contributed by atoms with van der Waals surface area (Å²) in [5.41, 5.74) is 4.27. The Morgan fingerprint density at radius 3 is 3.10 bits per heavy atom. The van der Waals surface area contributed by atoms with Gasteiger partial charge in [-0.3, -0.25) is 9.78 Å². The molecule has 0 atom stereocenters. The second kappa shape index (κ2) is 6.39. The SMILES string of the molecule is O=C(CCc1ccccn1)Nc1ccc2c(c1)NCCC2. The van der Waals surface area contributed by atoms with Crippen molar-refractivity contribution in [3.05, 3.63) is 53.9 Å². The highest BCUT2D eigenvalue weighted by Crippen LogP contribution is 2.25. The van der Waals surface area contributed by atoms with E-state index in [-0.39, 0.29) is 5.91 Å². The zero-order valence-electron chi connectivity index (χ0n) is 11.9. The minimum Gasteiger partial charge on any atom is -0.385 e. The van der Waals surface area contributed by atoms with Crippen molar-refractivity contribution in [3.63, 3.8) is 0 Å². The quantitative estimate of drug-likeness (QED) is 0.905. The van der Waals surface area contributed by atoms with E-state index in [1.54, 1.807) is 6.20 Å². The average Bonchev–Trinajstić information content (AvgIpc) is 2.54. The normalized spacial score (nSPS) is 13.1. The van der Waals surface area contributed by atoms with Crippen LogP contribution in [0, 0.1) is 0 Å². The maximum atomic E-state index is 12.0. The summed E-state index contributed by atoms with van der Waals surface area (Å²) in [6.07, 6.45) is 5.14. The lowest BCUT2D eigenvalue weighted by atomic mass is 10.0. The van der Waals surface area contributed by atoms with Gasteiger partial charge < -0.3 is 10.6 Å². The van der Waals surface area contributed by atoms with Gasteiger partial charge in [-0.1, -0.05) is 12.1 Å². The van der Waals surface area contributed by atoms with E-state index in [9.17, 15) is 4.79 Å². The highest BCUT2D eigenvalue weighted by atomic mass is 16.1. The molecule has 0 bridgehead atoms. The molecular weight excluding hydrogens is 262 g/mol. The van der Waals surface area contributed by atoms with Gasteiger partial charge in [-0.2, -0.15) is 0 Å². The Balaban J connectivity index is 1.57. The molecule has 1 aromatic heterocycles. The highest BCUT2D eigenvalue weighted by Gasteiger charge is 2.10. The molecule has 0 aliphatic carbocycles. The molecule has 0 saturated heterocycles. The van der Waals surface area contributed by atoms with Crippen LogP contribution in [0.3, 0.4) is 0 Å². The maximum absolute atomic E-state index is 12.0. The van der Waals surface area contributed by atoms with Gasteiger partial charge in [0.1, 0.15) is 0 Å². The number of nitrogens with one attached hydrogen (secondary N) is 2. The maximum Gasteiger partial charge on any atom is 0.224 e. The Labute approximate surface area is 124 Å². The van der Waals surface area contributed by atoms with E-state index < -0.39 is 0 Å². The lowest BCUT2D eigenvalue weighted by molar-refractivity contribution is -0.116. The molecule has 1 amide bonds. The Morgan fingerprint density at radius 2 is 2.24 bits per heavy atom. The number of fused-ring (bicyclic) bond motifs is 1. The molecule has 2 aromatic rings. The van der Waals surface area contributed by atoms with Crippen LogP contribution in [0.5, 0.6) is 0 Å². The lowest BCUT2D eigenvalue weighted by Gasteiger charge is -2.18. The van der Waals surface area contributed by atoms with Gasteiger partial charge in [0.2, 0.25) is 5.91 Å². The number of hydrogen-bond acceptors (Lipinski definition) is 3. The molecule has 1 aliphatic rings. The van der Waals surface area contributed by atoms with Crippen LogP contribution in [0.1, 0.15) is 24.1 Å². The molecule has 21 heavy (non-hydrogen) atoms. The fraction of sp³-hybridized carbons (Fsp3) is 0.294. The van der Waals surface area contributed by atoms with E-state index in [2.05, 4.69) is 21.7 Å². The number of amides is 1. The summed E-state index contributed by atoms with van der Waals surface area (Å²) >= 11 is 0. The van der Waals surface area contributed by atoms with Crippen molar-refractivity contribution < 1.29 is 4.79 Å². The van der Waals surface area contributed by atoms with Crippen LogP contribution >= 0.6 is 0 Å². The van der Waals surface area contributed by atoms with Gasteiger partial charge in [0, 0.05) is 36.2 Å². The number of hydrogen-bond donors (Lipinski definition) is 2. The van der Waals surface area contributed by atoms with Gasteiger partial charge in [-0.05, 0) is 49.1 Å². The van der Waals surface area contributed by atoms with E-state index in [1.807, 2.05) is 30.3 Å². The number of anilines is 2. The number of nitrogens with zero attached hydrogens (tertiary/aromatic N) is 1. The van der Waals surface area contributed by atoms with Gasteiger partial charge in [0.15, 0.2) is 0 Å². The third-order valence-electron chi connectivity index (χ3n) is 3.67. The summed E-state index contributed by atoms with van der Waals surface area (Å²) in [7, 11) is 0. The van der Waals surface area contributed by atoms with E-state index in [4.69, 9.17) is 0 Å². The van der Waals surface area contributed by atoms with Gasteiger partial charge in [-0.15, -0.1) is 0 Å². The third kappa shape index (κ3) is 3.60. The molecule has 0 spiro atoms. The number of aromatic nitrogens is 1. The number of aryl methyl sites for hydroxylation is 2. The Hall–Kier alpha value is -2.36. The zero-order valence-corrected chi connectivity index (χ0v) is 11.9. The third-order valence-corrected chi connectivity index (χ3v) is 3.67. The summed E-state index contributed by atoms with van der Waals surface area (Å²) in [4.78, 5) is 16.2. The van der Waals surface area contributed by atoms with Crippen LogP contribution in [0.2, 0.25) is 0 Å². The van der Waals surface area contributed by atoms with E-state index in [0.717, 1.165) is 30.0 Å². The fourth-order valence-electron chi connectivity index (χ4n) is 2.55. The molecule has 0 fully saturated rings. The number of carbonyl (C=O) groups is 1. The second-order valence-electron chi connectivity index (χ2n) is 5.27. The van der Waals surface area contributed by atoms with Crippen LogP contribution in [-0.4, -0.2) is 17.4 Å². The first-order chi connectivity index (χ1) is 10.3. The molecule has 4 heteroatoms. The van der Waals surface area contributed by atoms with Gasteiger partial charge >= 0.3 is 0 Å². The topological polar surface area (TPSA) is 54.0 Å². The van der Waals surface area contributed by atoms with Crippen molar-refractivity contribution in [2.24, 2.45) is 0 Å². The molecule has 2 N–H and O–H groups in total. The van der Waals surface area contributed by atoms with Gasteiger partial charge in [-0.25, -0.2) is 0 Å². The van der Waals surface area contributed by atoms with Crippen molar-refractivity contribution in [1.82, 2.24) is 4.98 Å². The molecule has 1 aliphatic heterocycles. The van der Waals surface area contributed by atoms with Crippen LogP contribution in [-0.2, 0) is 17.6 Å². The van der Waals surface area contributed by atoms with Crippen molar-refractivity contribution in [2.45, 2.75) is 25.7 Å². The van der Waals surface area contributed by atoms with Crippen molar-refractivity contribution in [2.75, 3.05) is 17.2 Å². The van der Waals surface area contributed by atoms with Crippen LogP contribution in [0.15, 0.2) is 42.6 Å². The van der Waals surface area contributed by atoms with Crippen LogP contribution in [0.25, 0.3) is 0 Å². The minimum atomic E-state index is 0.0245. The Morgan fingerprint density at radius 1 is 1.29 bits per heavy atom. The van der Waals surface area contributed by atoms with Crippen molar-refractivity contribution in [3.8, 4) is 0 Å². The Kier molecular flexibility index (Phi) is 4.15. The molecule has 4 nitrogen and oxygen atoms in total. The van der Waals surface area contributed by atoms with E-state index in [0.29, 0.717) is 12.8 Å². The first-order valence-corrected chi connectivity index (χ1v) is 7.38. The van der Waals surface area contributed by atoms with Crippen LogP contribution < -0.4 is 10.6 Å². The number of benzene rings is 1. The first kappa shape index (κ1) is 13.6. The fourth-order valence-corrected chi connectivity index (χ4v) is 2.55. The summed E-state index contributed by atoms with van der Waals surface area (Å²) in [5, 5.41) is 6.33. The molecule has 0 unspecified atom stereocenters. The number of pyridine rings is 1. The first-order valence-electron chi connectivity index (χ1n) is 7.38. The number of carbonyl (C=O) groups excluding carboxylic acids is 1. The summed E-state index contributed by atoms with van der Waals surface area (Å²) in [6.45, 7) is 1.00. The molecule has 2 heterocycles. The smallest absolute Gasteiger partial charge is 0.224 e. The highest BCUT2D eigenvalue weighted by molar-refractivity contribution is 5.91. The van der Waals surface area contributed by atoms with Gasteiger partial charge in [0.05, 0.1) is 0 Å². The Bertz CT molecular complexity index is 625. The predicted octanol–water partition coefficient (Wildman–Crippen LogP) is 3.01. The molecule has 0 saturated carbocycles. The molecule has 1 aromatic carbocycles. The second-order valence-corrected chi connectivity index (χ2v) is 5.27. The monoisotopic (exact) mass is 281 g/mol. The van der Waals surface area contributed by atoms with Crippen LogP contribution in [0.4, 0.5) is 11.4 Å². The average molecular weight is 281 g/mol. The summed E-state index contributed by atoms with van der Waals surface area (Å²) in [5.74, 6) is 0.0245.